The predicted octanol–water partition coefficient (Wildman–Crippen LogP) is 1.67. The van der Waals surface area contributed by atoms with E-state index in [1.165, 1.54) is 58.3 Å². The van der Waals surface area contributed by atoms with E-state index in [0.717, 1.165) is 12.1 Å². The number of rotatable bonds is 3. The van der Waals surface area contributed by atoms with Crippen molar-refractivity contribution < 1.29 is 0 Å². The Balaban J connectivity index is 1.52. The number of nitrogens with two attached hydrogens (primary N) is 1. The summed E-state index contributed by atoms with van der Waals surface area (Å²) in [7, 11) is 0. The van der Waals surface area contributed by atoms with Crippen LogP contribution >= 0.6 is 0 Å². The van der Waals surface area contributed by atoms with Crippen LogP contribution < -0.4 is 5.73 Å². The molecule has 0 radical (unpaired) electrons. The van der Waals surface area contributed by atoms with Crippen LogP contribution in [0.2, 0.25) is 0 Å². The van der Waals surface area contributed by atoms with E-state index in [0.29, 0.717) is 11.5 Å². The summed E-state index contributed by atoms with van der Waals surface area (Å²) in [5.41, 5.74) is 6.64. The van der Waals surface area contributed by atoms with Gasteiger partial charge in [0.05, 0.1) is 0 Å². The van der Waals surface area contributed by atoms with Crippen molar-refractivity contribution in [1.29, 1.82) is 0 Å². The molecule has 18 heavy (non-hydrogen) atoms. The maximum absolute atomic E-state index is 6.00. The van der Waals surface area contributed by atoms with Crippen LogP contribution in [0, 0.1) is 5.41 Å². The van der Waals surface area contributed by atoms with Crippen LogP contribution in [0.25, 0.3) is 0 Å². The van der Waals surface area contributed by atoms with Crippen molar-refractivity contribution in [2.24, 2.45) is 11.1 Å². The van der Waals surface area contributed by atoms with Gasteiger partial charge in [-0.2, -0.15) is 0 Å². The van der Waals surface area contributed by atoms with Gasteiger partial charge in [-0.1, -0.05) is 6.92 Å². The van der Waals surface area contributed by atoms with Gasteiger partial charge in [-0.3, -0.25) is 9.80 Å². The van der Waals surface area contributed by atoms with Crippen LogP contribution in [0.5, 0.6) is 0 Å². The molecule has 3 aliphatic rings. The van der Waals surface area contributed by atoms with Gasteiger partial charge in [0.15, 0.2) is 0 Å². The van der Waals surface area contributed by atoms with Gasteiger partial charge in [-0.25, -0.2) is 0 Å². The molecule has 3 nitrogen and oxygen atoms in total. The summed E-state index contributed by atoms with van der Waals surface area (Å²) < 4.78 is 0. The second kappa shape index (κ2) is 4.77. The first kappa shape index (κ1) is 12.9. The molecular weight excluding hydrogens is 222 g/mol. The van der Waals surface area contributed by atoms with Crippen LogP contribution in [-0.2, 0) is 0 Å². The molecule has 0 amide bonds. The third-order valence-electron chi connectivity index (χ3n) is 5.88. The van der Waals surface area contributed by atoms with Crippen LogP contribution in [0.4, 0.5) is 0 Å². The Morgan fingerprint density at radius 1 is 1.11 bits per heavy atom. The van der Waals surface area contributed by atoms with Gasteiger partial charge in [-0.15, -0.1) is 0 Å². The molecule has 0 aromatic rings. The Kier molecular flexibility index (Phi) is 3.41. The summed E-state index contributed by atoms with van der Waals surface area (Å²) in [4.78, 5) is 5.44. The van der Waals surface area contributed by atoms with Crippen LogP contribution in [0.15, 0.2) is 0 Å². The summed E-state index contributed by atoms with van der Waals surface area (Å²) in [5.74, 6) is 0. The number of hydrogen-bond donors (Lipinski definition) is 1. The average Bonchev–Trinajstić information content (AvgIpc) is 2.94. The molecule has 3 heteroatoms. The lowest BCUT2D eigenvalue weighted by molar-refractivity contribution is 0.132. The van der Waals surface area contributed by atoms with Gasteiger partial charge in [0.2, 0.25) is 0 Å². The quantitative estimate of drug-likeness (QED) is 0.828. The van der Waals surface area contributed by atoms with Gasteiger partial charge < -0.3 is 5.73 Å². The highest BCUT2D eigenvalue weighted by Gasteiger charge is 2.46. The lowest BCUT2D eigenvalue weighted by Crippen LogP contribution is -2.47. The predicted molar refractivity (Wildman–Crippen MR) is 75.6 cm³/mol. The van der Waals surface area contributed by atoms with Crippen molar-refractivity contribution in [1.82, 2.24) is 9.80 Å². The molecule has 0 aromatic heterocycles. The van der Waals surface area contributed by atoms with E-state index >= 15 is 0 Å². The normalized spacial score (nSPS) is 35.8. The zero-order valence-corrected chi connectivity index (χ0v) is 12.1. The molecular formula is C15H29N3. The number of nitrogens with zero attached hydrogens (tertiary/aromatic N) is 2. The van der Waals surface area contributed by atoms with Crippen molar-refractivity contribution in [2.75, 3.05) is 26.2 Å². The van der Waals surface area contributed by atoms with E-state index in [-0.39, 0.29) is 0 Å². The third-order valence-corrected chi connectivity index (χ3v) is 5.88. The first-order valence-corrected chi connectivity index (χ1v) is 7.82. The first-order chi connectivity index (χ1) is 8.58. The highest BCUT2D eigenvalue weighted by atomic mass is 15.3. The minimum atomic E-state index is 0.461. The summed E-state index contributed by atoms with van der Waals surface area (Å²) in [6.45, 7) is 9.97. The number of piperidine rings is 1. The van der Waals surface area contributed by atoms with Gasteiger partial charge >= 0.3 is 0 Å². The number of hydrogen-bond acceptors (Lipinski definition) is 3. The largest absolute Gasteiger partial charge is 0.328 e. The molecule has 3 fully saturated rings. The lowest BCUT2D eigenvalue weighted by atomic mass is 9.99. The maximum atomic E-state index is 6.00. The molecule has 0 spiro atoms. The standard InChI is InChI=1S/C15H29N3/c1-12(15(2)6-7-15)18-10-5-14(11-18)17-8-3-13(16)4-9-17/h12-14H,3-11,16H2,1-2H3. The molecule has 1 aliphatic carbocycles. The smallest absolute Gasteiger partial charge is 0.0235 e. The average molecular weight is 251 g/mol. The zero-order chi connectivity index (χ0) is 12.8. The molecule has 2 saturated heterocycles. The Bertz CT molecular complexity index is 292. The molecule has 2 atom stereocenters. The van der Waals surface area contributed by atoms with Crippen molar-refractivity contribution in [2.45, 2.75) is 64.1 Å². The molecule has 2 unspecified atom stereocenters. The minimum absolute atomic E-state index is 0.461. The van der Waals surface area contributed by atoms with Crippen molar-refractivity contribution in [3.63, 3.8) is 0 Å². The summed E-state index contributed by atoms with van der Waals surface area (Å²) in [6, 6.07) is 2.06. The minimum Gasteiger partial charge on any atom is -0.328 e. The molecule has 1 saturated carbocycles. The fourth-order valence-electron chi connectivity index (χ4n) is 3.76. The summed E-state index contributed by atoms with van der Waals surface area (Å²) in [5, 5.41) is 0. The first-order valence-electron chi connectivity index (χ1n) is 7.82. The van der Waals surface area contributed by atoms with E-state index in [1.54, 1.807) is 0 Å². The monoisotopic (exact) mass is 251 g/mol. The molecule has 0 bridgehead atoms. The Morgan fingerprint density at radius 2 is 1.78 bits per heavy atom. The third kappa shape index (κ3) is 2.45. The topological polar surface area (TPSA) is 32.5 Å². The highest BCUT2D eigenvalue weighted by molar-refractivity contribution is 5.00. The Hall–Kier alpha value is -0.120. The van der Waals surface area contributed by atoms with E-state index in [9.17, 15) is 0 Å². The van der Waals surface area contributed by atoms with Crippen molar-refractivity contribution in [3.05, 3.63) is 0 Å². The van der Waals surface area contributed by atoms with Crippen LogP contribution in [0.3, 0.4) is 0 Å². The lowest BCUT2D eigenvalue weighted by Gasteiger charge is -2.36. The van der Waals surface area contributed by atoms with E-state index in [2.05, 4.69) is 23.6 Å². The summed E-state index contributed by atoms with van der Waals surface area (Å²) >= 11 is 0. The van der Waals surface area contributed by atoms with Gasteiger partial charge in [0, 0.05) is 31.2 Å². The second-order valence-electron chi connectivity index (χ2n) is 7.14. The highest BCUT2D eigenvalue weighted by Crippen LogP contribution is 2.50. The fraction of sp³-hybridized carbons (Fsp3) is 1.00. The molecule has 0 aromatic carbocycles. The van der Waals surface area contributed by atoms with E-state index < -0.39 is 0 Å². The SMILES string of the molecule is CC(N1CCC(N2CCC(N)CC2)C1)C1(C)CC1. The number of likely N-dealkylation sites (tertiary alicyclic amines) is 2. The maximum Gasteiger partial charge on any atom is 0.0235 e. The van der Waals surface area contributed by atoms with Crippen molar-refractivity contribution in [3.8, 4) is 0 Å². The van der Waals surface area contributed by atoms with Gasteiger partial charge in [0.1, 0.15) is 0 Å². The van der Waals surface area contributed by atoms with E-state index in [4.69, 9.17) is 5.73 Å². The molecule has 2 N–H and O–H groups in total. The van der Waals surface area contributed by atoms with E-state index in [1.807, 2.05) is 0 Å². The second-order valence-corrected chi connectivity index (χ2v) is 7.14. The molecule has 2 heterocycles. The molecule has 3 rings (SSSR count). The van der Waals surface area contributed by atoms with Crippen molar-refractivity contribution >= 4 is 0 Å². The summed E-state index contributed by atoms with van der Waals surface area (Å²) in [6.07, 6.45) is 6.64. The van der Waals surface area contributed by atoms with Crippen LogP contribution in [0.1, 0.15) is 46.0 Å². The fourth-order valence-corrected chi connectivity index (χ4v) is 3.76. The zero-order valence-electron chi connectivity index (χ0n) is 12.1. The Labute approximate surface area is 112 Å². The van der Waals surface area contributed by atoms with Crippen LogP contribution in [-0.4, -0.2) is 54.1 Å². The molecule has 104 valence electrons. The van der Waals surface area contributed by atoms with Gasteiger partial charge in [0.25, 0.3) is 0 Å². The van der Waals surface area contributed by atoms with Gasteiger partial charge in [-0.05, 0) is 57.5 Å². The molecule has 2 aliphatic heterocycles. The Morgan fingerprint density at radius 3 is 2.39 bits per heavy atom.